The molecule has 2 fully saturated rings. The molecule has 268 valence electrons. The van der Waals surface area contributed by atoms with Gasteiger partial charge in [0.25, 0.3) is 6.02 Å². The van der Waals surface area contributed by atoms with Crippen molar-refractivity contribution in [3.05, 3.63) is 65.2 Å². The quantitative estimate of drug-likeness (QED) is 0.258. The van der Waals surface area contributed by atoms with Gasteiger partial charge in [-0.15, -0.1) is 0 Å². The van der Waals surface area contributed by atoms with Crippen LogP contribution in [-0.2, 0) is 27.4 Å². The molecule has 11 heteroatoms. The molecular weight excluding hydrogens is 618 g/mol. The highest BCUT2D eigenvalue weighted by molar-refractivity contribution is 5.91. The molecule has 2 saturated heterocycles. The van der Waals surface area contributed by atoms with Gasteiger partial charge in [0.05, 0.1) is 25.7 Å². The Bertz CT molecular complexity index is 1400. The Morgan fingerprint density at radius 1 is 1.04 bits per heavy atom. The maximum Gasteiger partial charge on any atom is 0.288 e. The molecule has 0 spiro atoms. The molecule has 2 amide bonds. The van der Waals surface area contributed by atoms with Crippen molar-refractivity contribution in [2.75, 3.05) is 46.4 Å². The van der Waals surface area contributed by atoms with E-state index in [9.17, 15) is 9.59 Å². The van der Waals surface area contributed by atoms with Crippen molar-refractivity contribution in [3.8, 4) is 5.75 Å². The molecule has 2 aromatic rings. The molecule has 5 rings (SSSR count). The lowest BCUT2D eigenvalue weighted by atomic mass is 10.0. The first kappa shape index (κ1) is 36.6. The number of amidine groups is 1. The van der Waals surface area contributed by atoms with Gasteiger partial charge in [0.15, 0.2) is 0 Å². The maximum absolute atomic E-state index is 14.4. The summed E-state index contributed by atoms with van der Waals surface area (Å²) >= 11 is 0. The number of hydrogen-bond acceptors (Lipinski definition) is 9. The van der Waals surface area contributed by atoms with Crippen LogP contribution in [0.3, 0.4) is 0 Å². The predicted molar refractivity (Wildman–Crippen MR) is 193 cm³/mol. The molecule has 3 heterocycles. The van der Waals surface area contributed by atoms with Crippen LogP contribution in [0.5, 0.6) is 5.75 Å². The van der Waals surface area contributed by atoms with Crippen LogP contribution in [0.1, 0.15) is 82.1 Å². The van der Waals surface area contributed by atoms with E-state index >= 15 is 0 Å². The van der Waals surface area contributed by atoms with E-state index in [1.807, 2.05) is 48.2 Å². The van der Waals surface area contributed by atoms with Gasteiger partial charge in [-0.25, -0.2) is 4.99 Å². The molecule has 49 heavy (non-hydrogen) atoms. The molecule has 2 aromatic carbocycles. The van der Waals surface area contributed by atoms with E-state index in [0.29, 0.717) is 44.5 Å². The average molecular weight is 676 g/mol. The SMILES string of the molecule is COc1cc(CNC(=O)C2CN(C3=N[C@@H](C)[C@H](c4ccccc4)O3)CCN2C(=O)[C@@H](CCCCN2CCCCC2)NC(C)C)ccc1CN. The number of likely N-dealkylation sites (tertiary alicyclic amines) is 1. The average Bonchev–Trinajstić information content (AvgIpc) is 3.53. The van der Waals surface area contributed by atoms with E-state index in [-0.39, 0.29) is 36.0 Å². The third-order valence-electron chi connectivity index (χ3n) is 9.89. The Labute approximate surface area is 292 Å². The molecule has 0 bridgehead atoms. The second-order valence-corrected chi connectivity index (χ2v) is 13.9. The van der Waals surface area contributed by atoms with Crippen LogP contribution < -0.4 is 21.1 Å². The summed E-state index contributed by atoms with van der Waals surface area (Å²) in [7, 11) is 1.61. The summed E-state index contributed by atoms with van der Waals surface area (Å²) in [4.78, 5) is 39.6. The number of nitrogens with one attached hydrogen (secondary N) is 2. The summed E-state index contributed by atoms with van der Waals surface area (Å²) in [5.41, 5.74) is 8.72. The van der Waals surface area contributed by atoms with Crippen molar-refractivity contribution in [1.29, 1.82) is 0 Å². The first-order valence-electron chi connectivity index (χ1n) is 18.2. The first-order valence-corrected chi connectivity index (χ1v) is 18.2. The summed E-state index contributed by atoms with van der Waals surface area (Å²) in [5, 5.41) is 6.64. The number of carbonyl (C=O) groups excluding carboxylic acids is 2. The lowest BCUT2D eigenvalue weighted by molar-refractivity contribution is -0.145. The number of nitrogens with zero attached hydrogens (tertiary/aromatic N) is 4. The van der Waals surface area contributed by atoms with E-state index < -0.39 is 6.04 Å². The normalized spacial score (nSPS) is 22.1. The number of hydrogen-bond donors (Lipinski definition) is 3. The second-order valence-electron chi connectivity index (χ2n) is 13.9. The number of rotatable bonds is 14. The summed E-state index contributed by atoms with van der Waals surface area (Å²) in [6, 6.07) is 15.4. The molecule has 4 atom stereocenters. The van der Waals surface area contributed by atoms with E-state index in [1.165, 1.54) is 32.4 Å². The van der Waals surface area contributed by atoms with Gasteiger partial charge in [-0.2, -0.15) is 0 Å². The van der Waals surface area contributed by atoms with Crippen LogP contribution in [0, 0.1) is 0 Å². The molecule has 3 aliphatic rings. The highest BCUT2D eigenvalue weighted by Crippen LogP contribution is 2.31. The number of nitrogens with two attached hydrogens (primary N) is 1. The van der Waals surface area contributed by atoms with Crippen molar-refractivity contribution in [1.82, 2.24) is 25.3 Å². The zero-order valence-electron chi connectivity index (χ0n) is 29.9. The van der Waals surface area contributed by atoms with E-state index in [2.05, 4.69) is 41.5 Å². The fraction of sp³-hybridized carbons (Fsp3) is 0.605. The Hall–Kier alpha value is -3.67. The van der Waals surface area contributed by atoms with E-state index in [0.717, 1.165) is 42.5 Å². The standard InChI is InChI=1S/C38H57N7O4/c1-27(2)41-32(15-9-12-20-43-18-10-6-11-19-43)37(47)45-22-21-44(38-42-28(3)35(49-38)30-13-7-5-8-14-30)26-33(45)36(46)40-25-29-16-17-31(24-39)34(23-29)48-4/h5,7-8,13-14,16-17,23,27-28,32-33,35,41H,6,9-12,15,18-22,24-26,39H2,1-4H3,(H,40,46)/t28-,32+,33?,35+/m0/s1. The zero-order valence-corrected chi connectivity index (χ0v) is 29.9. The molecule has 0 aromatic heterocycles. The molecule has 0 radical (unpaired) electrons. The number of carbonyl (C=O) groups is 2. The largest absolute Gasteiger partial charge is 0.496 e. The van der Waals surface area contributed by atoms with Gasteiger partial charge in [-0.1, -0.05) is 69.2 Å². The fourth-order valence-electron chi connectivity index (χ4n) is 7.20. The maximum atomic E-state index is 14.4. The number of unbranched alkanes of at least 4 members (excludes halogenated alkanes) is 1. The molecule has 4 N–H and O–H groups in total. The van der Waals surface area contributed by atoms with Gasteiger partial charge < -0.3 is 40.5 Å². The number of benzene rings is 2. The number of ether oxygens (including phenoxy) is 2. The molecule has 0 aliphatic carbocycles. The predicted octanol–water partition coefficient (Wildman–Crippen LogP) is 3.82. The zero-order chi connectivity index (χ0) is 34.8. The van der Waals surface area contributed by atoms with Crippen molar-refractivity contribution >= 4 is 17.8 Å². The van der Waals surface area contributed by atoms with Gasteiger partial charge in [0, 0.05) is 37.8 Å². The minimum absolute atomic E-state index is 0.0229. The molecule has 3 aliphatic heterocycles. The Kier molecular flexibility index (Phi) is 13.3. The van der Waals surface area contributed by atoms with Crippen LogP contribution in [0.4, 0.5) is 0 Å². The van der Waals surface area contributed by atoms with Crippen LogP contribution in [0.25, 0.3) is 0 Å². The summed E-state index contributed by atoms with van der Waals surface area (Å²) in [6.07, 6.45) is 6.44. The summed E-state index contributed by atoms with van der Waals surface area (Å²) < 4.78 is 11.9. The van der Waals surface area contributed by atoms with Gasteiger partial charge >= 0.3 is 0 Å². The minimum Gasteiger partial charge on any atom is -0.496 e. The van der Waals surface area contributed by atoms with Gasteiger partial charge in [-0.05, 0) is 69.4 Å². The van der Waals surface area contributed by atoms with Crippen LogP contribution in [0.15, 0.2) is 53.5 Å². The lowest BCUT2D eigenvalue weighted by Gasteiger charge is -2.42. The molecule has 1 unspecified atom stereocenters. The first-order chi connectivity index (χ1) is 23.8. The smallest absolute Gasteiger partial charge is 0.288 e. The topological polar surface area (TPSA) is 125 Å². The number of aliphatic imine (C=N–C) groups is 1. The van der Waals surface area contributed by atoms with Crippen molar-refractivity contribution < 1.29 is 19.1 Å². The van der Waals surface area contributed by atoms with Gasteiger partial charge in [0.2, 0.25) is 11.8 Å². The third-order valence-corrected chi connectivity index (χ3v) is 9.89. The molecule has 11 nitrogen and oxygen atoms in total. The highest BCUT2D eigenvalue weighted by atomic mass is 16.5. The van der Waals surface area contributed by atoms with Gasteiger partial charge in [-0.3, -0.25) is 9.59 Å². The lowest BCUT2D eigenvalue weighted by Crippen LogP contribution is -2.64. The summed E-state index contributed by atoms with van der Waals surface area (Å²) in [6.45, 7) is 11.5. The Morgan fingerprint density at radius 3 is 2.53 bits per heavy atom. The van der Waals surface area contributed by atoms with Crippen molar-refractivity contribution in [3.63, 3.8) is 0 Å². The highest BCUT2D eigenvalue weighted by Gasteiger charge is 2.41. The molecule has 0 saturated carbocycles. The number of piperazine rings is 1. The Balaban J connectivity index is 1.29. The van der Waals surface area contributed by atoms with E-state index in [1.54, 1.807) is 12.0 Å². The Morgan fingerprint density at radius 2 is 1.82 bits per heavy atom. The van der Waals surface area contributed by atoms with Gasteiger partial charge in [0.1, 0.15) is 17.9 Å². The van der Waals surface area contributed by atoms with E-state index in [4.69, 9.17) is 20.2 Å². The minimum atomic E-state index is -0.714. The van der Waals surface area contributed by atoms with Crippen LogP contribution >= 0.6 is 0 Å². The number of methoxy groups -OCH3 is 1. The molecular formula is C38H57N7O4. The van der Waals surface area contributed by atoms with Crippen LogP contribution in [0.2, 0.25) is 0 Å². The van der Waals surface area contributed by atoms with Crippen molar-refractivity contribution in [2.45, 2.75) is 103 Å². The third kappa shape index (κ3) is 9.73. The summed E-state index contributed by atoms with van der Waals surface area (Å²) in [5.74, 6) is 0.459. The van der Waals surface area contributed by atoms with Crippen molar-refractivity contribution in [2.24, 2.45) is 10.7 Å². The fourth-order valence-corrected chi connectivity index (χ4v) is 7.20. The second kappa shape index (κ2) is 17.8. The van der Waals surface area contributed by atoms with Crippen LogP contribution in [-0.4, -0.2) is 103 Å². The number of piperidine rings is 1. The monoisotopic (exact) mass is 675 g/mol. The number of amides is 2.